The van der Waals surface area contributed by atoms with Crippen molar-refractivity contribution in [2.75, 3.05) is 12.4 Å². The number of anilines is 1. The third kappa shape index (κ3) is 4.23. The summed E-state index contributed by atoms with van der Waals surface area (Å²) < 4.78 is 8.05. The van der Waals surface area contributed by atoms with Crippen molar-refractivity contribution >= 4 is 29.2 Å². The molecule has 0 aliphatic carbocycles. The van der Waals surface area contributed by atoms with Gasteiger partial charge in [0.05, 0.1) is 47.5 Å². The van der Waals surface area contributed by atoms with Crippen LogP contribution in [0.5, 0.6) is 0 Å². The van der Waals surface area contributed by atoms with Crippen molar-refractivity contribution in [2.24, 2.45) is 0 Å². The van der Waals surface area contributed by atoms with E-state index < -0.39 is 5.97 Å². The first kappa shape index (κ1) is 19.6. The van der Waals surface area contributed by atoms with Crippen LogP contribution in [0.4, 0.5) is 5.69 Å². The maximum absolute atomic E-state index is 12.3. The lowest BCUT2D eigenvalue weighted by atomic mass is 10.1. The fourth-order valence-corrected chi connectivity index (χ4v) is 3.07. The monoisotopic (exact) mass is 401 g/mol. The molecule has 0 fully saturated rings. The lowest BCUT2D eigenvalue weighted by Gasteiger charge is -2.10. The van der Waals surface area contributed by atoms with Gasteiger partial charge >= 0.3 is 5.97 Å². The Hall–Kier alpha value is -3.13. The molecular weight excluding hydrogens is 382 g/mol. The molecule has 2 aromatic heterocycles. The molecule has 8 nitrogen and oxygen atoms in total. The van der Waals surface area contributed by atoms with Gasteiger partial charge in [0.15, 0.2) is 0 Å². The van der Waals surface area contributed by atoms with Crippen LogP contribution in [0.3, 0.4) is 0 Å². The molecule has 3 aromatic rings. The highest BCUT2D eigenvalue weighted by Gasteiger charge is 2.17. The van der Waals surface area contributed by atoms with Gasteiger partial charge in [0.2, 0.25) is 5.91 Å². The van der Waals surface area contributed by atoms with E-state index >= 15 is 0 Å². The molecule has 0 aliphatic heterocycles. The van der Waals surface area contributed by atoms with E-state index in [0.29, 0.717) is 28.5 Å². The van der Waals surface area contributed by atoms with Gasteiger partial charge in [0.1, 0.15) is 6.54 Å². The number of halogens is 1. The van der Waals surface area contributed by atoms with Gasteiger partial charge in [-0.1, -0.05) is 29.8 Å². The van der Waals surface area contributed by atoms with Gasteiger partial charge in [-0.15, -0.1) is 0 Å². The second kappa shape index (κ2) is 8.26. The number of hydrogen-bond acceptors (Lipinski definition) is 5. The fraction of sp³-hybridized carbons (Fsp3) is 0.263. The highest BCUT2D eigenvalue weighted by Crippen LogP contribution is 2.22. The van der Waals surface area contributed by atoms with Gasteiger partial charge in [-0.3, -0.25) is 14.2 Å². The number of aromatic nitrogens is 4. The molecule has 0 saturated heterocycles. The van der Waals surface area contributed by atoms with E-state index in [9.17, 15) is 9.59 Å². The molecule has 1 amide bonds. The number of aryl methyl sites for hydroxylation is 1. The lowest BCUT2D eigenvalue weighted by Crippen LogP contribution is -2.19. The van der Waals surface area contributed by atoms with E-state index in [4.69, 9.17) is 16.3 Å². The first-order chi connectivity index (χ1) is 13.4. The summed E-state index contributed by atoms with van der Waals surface area (Å²) in [5.74, 6) is -0.635. The van der Waals surface area contributed by atoms with Crippen LogP contribution in [-0.4, -0.2) is 38.5 Å². The number of hydrogen-bond donors (Lipinski definition) is 1. The maximum atomic E-state index is 12.3. The molecule has 28 heavy (non-hydrogen) atoms. The van der Waals surface area contributed by atoms with Crippen molar-refractivity contribution in [2.45, 2.75) is 26.9 Å². The molecule has 0 unspecified atom stereocenters. The first-order valence-electron chi connectivity index (χ1n) is 8.57. The van der Waals surface area contributed by atoms with E-state index in [1.807, 2.05) is 26.0 Å². The van der Waals surface area contributed by atoms with Gasteiger partial charge in [-0.25, -0.2) is 4.79 Å². The van der Waals surface area contributed by atoms with Crippen molar-refractivity contribution < 1.29 is 14.3 Å². The Morgan fingerprint density at radius 1 is 1.25 bits per heavy atom. The zero-order valence-corrected chi connectivity index (χ0v) is 16.5. The molecular formula is C19H20ClN5O3. The molecule has 0 aliphatic rings. The summed E-state index contributed by atoms with van der Waals surface area (Å²) in [6.45, 7) is 4.10. The smallest absolute Gasteiger partial charge is 0.338 e. The zero-order chi connectivity index (χ0) is 20.3. The summed E-state index contributed by atoms with van der Waals surface area (Å²) in [5.41, 5.74) is 3.37. The molecule has 146 valence electrons. The van der Waals surface area contributed by atoms with Gasteiger partial charge in [-0.05, 0) is 25.5 Å². The van der Waals surface area contributed by atoms with Gasteiger partial charge in [0.25, 0.3) is 0 Å². The normalized spacial score (nSPS) is 10.7. The quantitative estimate of drug-likeness (QED) is 0.641. The van der Waals surface area contributed by atoms with Crippen LogP contribution in [0.1, 0.15) is 27.3 Å². The van der Waals surface area contributed by atoms with Crippen LogP contribution in [0.15, 0.2) is 36.7 Å². The minimum Gasteiger partial charge on any atom is -0.465 e. The number of carbonyl (C=O) groups is 2. The largest absolute Gasteiger partial charge is 0.465 e. The fourth-order valence-electron chi connectivity index (χ4n) is 2.91. The zero-order valence-electron chi connectivity index (χ0n) is 15.8. The number of ether oxygens (including phenoxy) is 1. The molecule has 0 bridgehead atoms. The van der Waals surface area contributed by atoms with Crippen LogP contribution in [-0.2, 0) is 22.6 Å². The van der Waals surface area contributed by atoms with Gasteiger partial charge < -0.3 is 10.1 Å². The summed E-state index contributed by atoms with van der Waals surface area (Å²) in [6, 6.07) is 7.20. The average molecular weight is 402 g/mol. The van der Waals surface area contributed by atoms with Gasteiger partial charge in [-0.2, -0.15) is 10.2 Å². The molecule has 3 rings (SSSR count). The van der Waals surface area contributed by atoms with Crippen LogP contribution < -0.4 is 5.32 Å². The number of benzene rings is 1. The maximum Gasteiger partial charge on any atom is 0.338 e. The molecule has 0 saturated carbocycles. The van der Waals surface area contributed by atoms with Crippen LogP contribution in [0, 0.1) is 13.8 Å². The number of esters is 1. The Balaban J connectivity index is 1.79. The van der Waals surface area contributed by atoms with E-state index in [2.05, 4.69) is 15.5 Å². The summed E-state index contributed by atoms with van der Waals surface area (Å²) in [4.78, 5) is 24.3. The molecule has 1 N–H and O–H groups in total. The third-order valence-electron chi connectivity index (χ3n) is 4.30. The van der Waals surface area contributed by atoms with Crippen LogP contribution in [0.25, 0.3) is 0 Å². The molecule has 2 heterocycles. The van der Waals surface area contributed by atoms with Crippen molar-refractivity contribution in [3.8, 4) is 0 Å². The highest BCUT2D eigenvalue weighted by molar-refractivity contribution is 6.30. The first-order valence-corrected chi connectivity index (χ1v) is 8.95. The van der Waals surface area contributed by atoms with E-state index in [1.165, 1.54) is 18.0 Å². The summed E-state index contributed by atoms with van der Waals surface area (Å²) in [5, 5.41) is 11.8. The summed E-state index contributed by atoms with van der Waals surface area (Å²) >= 11 is 5.82. The molecule has 0 radical (unpaired) electrons. The van der Waals surface area contributed by atoms with E-state index in [-0.39, 0.29) is 12.5 Å². The Labute approximate surface area is 167 Å². The Morgan fingerprint density at radius 3 is 2.68 bits per heavy atom. The van der Waals surface area contributed by atoms with Crippen molar-refractivity contribution in [3.05, 3.63) is 64.2 Å². The number of amides is 1. The van der Waals surface area contributed by atoms with Crippen LogP contribution in [0.2, 0.25) is 5.02 Å². The van der Waals surface area contributed by atoms with Crippen molar-refractivity contribution in [1.29, 1.82) is 0 Å². The predicted octanol–water partition coefficient (Wildman–Crippen LogP) is 2.82. The van der Waals surface area contributed by atoms with Crippen molar-refractivity contribution in [3.63, 3.8) is 0 Å². The Bertz CT molecular complexity index is 1020. The second-order valence-electron chi connectivity index (χ2n) is 6.26. The summed E-state index contributed by atoms with van der Waals surface area (Å²) in [7, 11) is 1.35. The molecule has 0 spiro atoms. The average Bonchev–Trinajstić information content (AvgIpc) is 3.19. The number of nitrogens with zero attached hydrogens (tertiary/aromatic N) is 4. The van der Waals surface area contributed by atoms with Crippen molar-refractivity contribution in [1.82, 2.24) is 19.6 Å². The number of methoxy groups -OCH3 is 1. The van der Waals surface area contributed by atoms with Gasteiger partial charge in [0, 0.05) is 6.20 Å². The topological polar surface area (TPSA) is 91.0 Å². The summed E-state index contributed by atoms with van der Waals surface area (Å²) in [6.07, 6.45) is 3.05. The molecule has 0 atom stereocenters. The minimum absolute atomic E-state index is 0.0436. The second-order valence-corrected chi connectivity index (χ2v) is 6.69. The van der Waals surface area contributed by atoms with E-state index in [0.717, 1.165) is 11.3 Å². The van der Waals surface area contributed by atoms with E-state index in [1.54, 1.807) is 23.0 Å². The highest BCUT2D eigenvalue weighted by atomic mass is 35.5. The number of nitrogens with one attached hydrogen (secondary N) is 1. The predicted molar refractivity (Wildman–Crippen MR) is 104 cm³/mol. The molecule has 9 heteroatoms. The lowest BCUT2D eigenvalue weighted by molar-refractivity contribution is -0.116. The Morgan fingerprint density at radius 2 is 2.00 bits per heavy atom. The molecule has 1 aromatic carbocycles. The Kier molecular flexibility index (Phi) is 5.79. The minimum atomic E-state index is -0.399. The number of carbonyl (C=O) groups excluding carboxylic acids is 2. The third-order valence-corrected chi connectivity index (χ3v) is 4.49. The standard InChI is InChI=1S/C19H20ClN5O3/c1-12-18(22-17(26)11-24-10-15(20)8-21-24)13(2)25(23-12)9-14-6-4-5-7-16(14)19(27)28-3/h4-8,10H,9,11H2,1-3H3,(H,22,26). The number of rotatable bonds is 6. The van der Waals surface area contributed by atoms with Crippen LogP contribution >= 0.6 is 11.6 Å². The SMILES string of the molecule is COC(=O)c1ccccc1Cn1nc(C)c(NC(=O)Cn2cc(Cl)cn2)c1C.